The number of halogens is 2. The monoisotopic (exact) mass is 326 g/mol. The maximum atomic E-state index is 11.1. The smallest absolute Gasteiger partial charge is 0.337 e. The molecule has 0 aliphatic carbocycles. The Morgan fingerprint density at radius 1 is 1.33 bits per heavy atom. The molecule has 0 aliphatic rings. The number of carboxylic acids is 1. The number of aromatic carboxylic acids is 1. The number of rotatable bonds is 3. The van der Waals surface area contributed by atoms with E-state index in [2.05, 4.69) is 26.2 Å². The third-order valence-corrected chi connectivity index (χ3v) is 3.67. The fourth-order valence-electron chi connectivity index (χ4n) is 1.43. The van der Waals surface area contributed by atoms with Crippen molar-refractivity contribution in [2.75, 3.05) is 5.32 Å². The first-order chi connectivity index (χ1) is 8.59. The topological polar surface area (TPSA) is 62.2 Å². The third-order valence-electron chi connectivity index (χ3n) is 2.27. The van der Waals surface area contributed by atoms with Crippen molar-refractivity contribution in [3.63, 3.8) is 0 Å². The number of hydrogen-bond donors (Lipinski definition) is 2. The van der Waals surface area contributed by atoms with Crippen LogP contribution in [0.4, 0.5) is 11.4 Å². The van der Waals surface area contributed by atoms with Gasteiger partial charge in [-0.05, 0) is 34.1 Å². The Bertz CT molecular complexity index is 604. The van der Waals surface area contributed by atoms with Crippen LogP contribution >= 0.6 is 27.5 Å². The van der Waals surface area contributed by atoms with Crippen molar-refractivity contribution in [1.82, 2.24) is 4.98 Å². The predicted octanol–water partition coefficient (Wildman–Crippen LogP) is 3.94. The van der Waals surface area contributed by atoms with Gasteiger partial charge in [0.15, 0.2) is 0 Å². The van der Waals surface area contributed by atoms with Crippen LogP contribution in [0.2, 0.25) is 5.02 Å². The zero-order valence-corrected chi connectivity index (χ0v) is 11.4. The highest BCUT2D eigenvalue weighted by molar-refractivity contribution is 9.10. The zero-order chi connectivity index (χ0) is 13.1. The van der Waals surface area contributed by atoms with Gasteiger partial charge in [-0.25, -0.2) is 4.79 Å². The Hall–Kier alpha value is -1.59. The van der Waals surface area contributed by atoms with Gasteiger partial charge in [0, 0.05) is 6.20 Å². The average Bonchev–Trinajstić information content (AvgIpc) is 2.35. The molecule has 0 saturated heterocycles. The molecule has 0 amide bonds. The largest absolute Gasteiger partial charge is 0.478 e. The summed E-state index contributed by atoms with van der Waals surface area (Å²) >= 11 is 9.30. The molecule has 0 unspecified atom stereocenters. The third kappa shape index (κ3) is 2.63. The van der Waals surface area contributed by atoms with Crippen LogP contribution in [0.5, 0.6) is 0 Å². The Labute approximate surface area is 117 Å². The number of carboxylic acid groups (broad SMARTS) is 1. The Morgan fingerprint density at radius 2 is 2.11 bits per heavy atom. The number of aromatic nitrogens is 1. The first-order valence-electron chi connectivity index (χ1n) is 4.98. The van der Waals surface area contributed by atoms with Gasteiger partial charge < -0.3 is 10.4 Å². The number of hydrogen-bond acceptors (Lipinski definition) is 3. The minimum absolute atomic E-state index is 0.150. The number of nitrogens with zero attached hydrogens (tertiary/aromatic N) is 1. The van der Waals surface area contributed by atoms with Crippen LogP contribution in [0, 0.1) is 0 Å². The molecule has 0 bridgehead atoms. The molecule has 1 aromatic carbocycles. The van der Waals surface area contributed by atoms with E-state index in [0.717, 1.165) is 0 Å². The first-order valence-corrected chi connectivity index (χ1v) is 6.15. The molecule has 18 heavy (non-hydrogen) atoms. The standard InChI is InChI=1S/C12H8BrClN2O2/c13-11-8(14)2-1-3-9(11)16-10-6-15-5-4-7(10)12(17)18/h1-6,16H,(H,17,18). The van der Waals surface area contributed by atoms with Crippen LogP contribution in [0.3, 0.4) is 0 Å². The molecule has 0 aliphatic heterocycles. The summed E-state index contributed by atoms with van der Waals surface area (Å²) in [7, 11) is 0. The Balaban J connectivity index is 2.40. The van der Waals surface area contributed by atoms with Crippen molar-refractivity contribution in [2.45, 2.75) is 0 Å². The van der Waals surface area contributed by atoms with Gasteiger partial charge >= 0.3 is 5.97 Å². The molecule has 6 heteroatoms. The van der Waals surface area contributed by atoms with Crippen molar-refractivity contribution in [1.29, 1.82) is 0 Å². The minimum Gasteiger partial charge on any atom is -0.478 e. The molecule has 0 saturated carbocycles. The quantitative estimate of drug-likeness (QED) is 0.896. The highest BCUT2D eigenvalue weighted by atomic mass is 79.9. The van der Waals surface area contributed by atoms with E-state index in [1.165, 1.54) is 18.5 Å². The van der Waals surface area contributed by atoms with Gasteiger partial charge in [-0.1, -0.05) is 17.7 Å². The Kier molecular flexibility index (Phi) is 3.84. The summed E-state index contributed by atoms with van der Waals surface area (Å²) < 4.78 is 0.673. The van der Waals surface area contributed by atoms with Crippen molar-refractivity contribution in [2.24, 2.45) is 0 Å². The first kappa shape index (κ1) is 12.9. The van der Waals surface area contributed by atoms with Gasteiger partial charge in [0.1, 0.15) is 0 Å². The van der Waals surface area contributed by atoms with Gasteiger partial charge in [-0.15, -0.1) is 0 Å². The van der Waals surface area contributed by atoms with Gasteiger partial charge in [0.25, 0.3) is 0 Å². The van der Waals surface area contributed by atoms with Gasteiger partial charge in [-0.3, -0.25) is 4.98 Å². The molecule has 1 heterocycles. The van der Waals surface area contributed by atoms with Gasteiger partial charge in [-0.2, -0.15) is 0 Å². The van der Waals surface area contributed by atoms with E-state index >= 15 is 0 Å². The number of benzene rings is 1. The fraction of sp³-hybridized carbons (Fsp3) is 0. The number of nitrogens with one attached hydrogen (secondary N) is 1. The molecule has 2 rings (SSSR count). The lowest BCUT2D eigenvalue weighted by Gasteiger charge is -2.11. The van der Waals surface area contributed by atoms with Crippen molar-refractivity contribution in [3.8, 4) is 0 Å². The van der Waals surface area contributed by atoms with E-state index < -0.39 is 5.97 Å². The molecule has 0 atom stereocenters. The second-order valence-corrected chi connectivity index (χ2v) is 4.65. The molecule has 2 aromatic rings. The number of anilines is 2. The van der Waals surface area contributed by atoms with Crippen LogP contribution in [0.1, 0.15) is 10.4 Å². The summed E-state index contributed by atoms with van der Waals surface area (Å²) in [4.78, 5) is 15.0. The molecular weight excluding hydrogens is 320 g/mol. The molecule has 1 aromatic heterocycles. The van der Waals surface area contributed by atoms with Gasteiger partial charge in [0.2, 0.25) is 0 Å². The minimum atomic E-state index is -1.02. The summed E-state index contributed by atoms with van der Waals surface area (Å²) in [5.41, 5.74) is 1.24. The van der Waals surface area contributed by atoms with E-state index in [9.17, 15) is 4.79 Å². The second kappa shape index (κ2) is 5.37. The van der Waals surface area contributed by atoms with E-state index in [0.29, 0.717) is 20.9 Å². The van der Waals surface area contributed by atoms with Crippen LogP contribution < -0.4 is 5.32 Å². The van der Waals surface area contributed by atoms with Crippen molar-refractivity contribution < 1.29 is 9.90 Å². The highest BCUT2D eigenvalue weighted by Crippen LogP contribution is 2.32. The molecule has 0 spiro atoms. The molecule has 0 radical (unpaired) electrons. The lowest BCUT2D eigenvalue weighted by molar-refractivity contribution is 0.0698. The number of carbonyl (C=O) groups is 1. The SMILES string of the molecule is O=C(O)c1ccncc1Nc1cccc(Cl)c1Br. The van der Waals surface area contributed by atoms with E-state index in [1.54, 1.807) is 18.2 Å². The molecular formula is C12H8BrClN2O2. The van der Waals surface area contributed by atoms with Crippen molar-refractivity contribution in [3.05, 3.63) is 51.7 Å². The lowest BCUT2D eigenvalue weighted by atomic mass is 10.2. The summed E-state index contributed by atoms with van der Waals surface area (Å²) in [6.45, 7) is 0. The van der Waals surface area contributed by atoms with E-state index in [-0.39, 0.29) is 5.56 Å². The normalized spacial score (nSPS) is 10.1. The summed E-state index contributed by atoms with van der Waals surface area (Å²) in [6.07, 6.45) is 2.89. The van der Waals surface area contributed by atoms with Gasteiger partial charge in [0.05, 0.1) is 32.6 Å². The van der Waals surface area contributed by atoms with E-state index in [1.807, 2.05) is 0 Å². The molecule has 0 fully saturated rings. The summed E-state index contributed by atoms with van der Waals surface area (Å²) in [6, 6.07) is 6.72. The second-order valence-electron chi connectivity index (χ2n) is 3.45. The Morgan fingerprint density at radius 3 is 2.83 bits per heavy atom. The van der Waals surface area contributed by atoms with Crippen LogP contribution in [0.25, 0.3) is 0 Å². The molecule has 4 nitrogen and oxygen atoms in total. The molecule has 2 N–H and O–H groups in total. The maximum Gasteiger partial charge on any atom is 0.337 e. The maximum absolute atomic E-state index is 11.1. The lowest BCUT2D eigenvalue weighted by Crippen LogP contribution is -2.03. The molecule has 92 valence electrons. The highest BCUT2D eigenvalue weighted by Gasteiger charge is 2.11. The zero-order valence-electron chi connectivity index (χ0n) is 9.02. The number of pyridine rings is 1. The van der Waals surface area contributed by atoms with E-state index in [4.69, 9.17) is 16.7 Å². The van der Waals surface area contributed by atoms with Crippen LogP contribution in [0.15, 0.2) is 41.1 Å². The fourth-order valence-corrected chi connectivity index (χ4v) is 1.96. The average molecular weight is 328 g/mol. The van der Waals surface area contributed by atoms with Crippen LogP contribution in [-0.4, -0.2) is 16.1 Å². The predicted molar refractivity (Wildman–Crippen MR) is 73.6 cm³/mol. The van der Waals surface area contributed by atoms with Crippen LogP contribution in [-0.2, 0) is 0 Å². The summed E-state index contributed by atoms with van der Waals surface area (Å²) in [5.74, 6) is -1.02. The van der Waals surface area contributed by atoms with Crippen molar-refractivity contribution >= 4 is 44.9 Å². The summed E-state index contributed by atoms with van der Waals surface area (Å²) in [5, 5.41) is 12.6.